The van der Waals surface area contributed by atoms with Crippen molar-refractivity contribution in [2.75, 3.05) is 5.73 Å². The molecule has 24 heavy (non-hydrogen) atoms. The molecular weight excluding hydrogens is 345 g/mol. The molecule has 120 valence electrons. The van der Waals surface area contributed by atoms with Gasteiger partial charge >= 0.3 is 0 Å². The maximum absolute atomic E-state index is 13.1. The largest absolute Gasteiger partial charge is 0.397 e. The van der Waals surface area contributed by atoms with Crippen molar-refractivity contribution >= 4 is 29.1 Å². The lowest BCUT2D eigenvalue weighted by Gasteiger charge is -2.11. The number of rotatable bonds is 4. The molecule has 0 radical (unpaired) electrons. The van der Waals surface area contributed by atoms with Crippen LogP contribution < -0.4 is 5.73 Å². The predicted octanol–water partition coefficient (Wildman–Crippen LogP) is 4.93. The lowest BCUT2D eigenvalue weighted by Crippen LogP contribution is -2.04. The van der Waals surface area contributed by atoms with Crippen LogP contribution in [0.15, 0.2) is 64.5 Å². The highest BCUT2D eigenvalue weighted by atomic mass is 35.5. The standard InChI is InChI=1S/C18H13ClFN3S/c19-13-3-7-16(8-4-13)24-18-17(22)9-15(10-21)23(18)11-12-1-5-14(20)6-2-12/h1-9H,11,22H2. The van der Waals surface area contributed by atoms with Crippen molar-refractivity contribution in [3.8, 4) is 6.07 Å². The monoisotopic (exact) mass is 357 g/mol. The van der Waals surface area contributed by atoms with Crippen LogP contribution in [0.4, 0.5) is 10.1 Å². The Bertz CT molecular complexity index is 896. The first-order chi connectivity index (χ1) is 11.6. The number of nitrogens with two attached hydrogens (primary N) is 1. The molecule has 0 amide bonds. The number of benzene rings is 2. The van der Waals surface area contributed by atoms with Crippen molar-refractivity contribution in [3.05, 3.63) is 76.7 Å². The first kappa shape index (κ1) is 16.4. The SMILES string of the molecule is N#Cc1cc(N)c(Sc2ccc(Cl)cc2)n1Cc1ccc(F)cc1. The van der Waals surface area contributed by atoms with Gasteiger partial charge in [0.2, 0.25) is 0 Å². The zero-order valence-corrected chi connectivity index (χ0v) is 14.1. The summed E-state index contributed by atoms with van der Waals surface area (Å²) in [6.07, 6.45) is 0. The maximum Gasteiger partial charge on any atom is 0.123 e. The van der Waals surface area contributed by atoms with Gasteiger partial charge in [-0.3, -0.25) is 0 Å². The Morgan fingerprint density at radius 2 is 1.79 bits per heavy atom. The summed E-state index contributed by atoms with van der Waals surface area (Å²) >= 11 is 7.37. The second-order valence-corrected chi connectivity index (χ2v) is 6.67. The van der Waals surface area contributed by atoms with Gasteiger partial charge in [-0.25, -0.2) is 4.39 Å². The number of anilines is 1. The Morgan fingerprint density at radius 3 is 2.42 bits per heavy atom. The van der Waals surface area contributed by atoms with Crippen LogP contribution in [0.25, 0.3) is 0 Å². The lowest BCUT2D eigenvalue weighted by atomic mass is 10.2. The fraction of sp³-hybridized carbons (Fsp3) is 0.0556. The van der Waals surface area contributed by atoms with E-state index in [2.05, 4.69) is 6.07 Å². The van der Waals surface area contributed by atoms with E-state index < -0.39 is 0 Å². The molecule has 3 aromatic rings. The average molecular weight is 358 g/mol. The highest BCUT2D eigenvalue weighted by molar-refractivity contribution is 7.99. The van der Waals surface area contributed by atoms with E-state index in [-0.39, 0.29) is 5.82 Å². The second kappa shape index (κ2) is 7.00. The van der Waals surface area contributed by atoms with Crippen molar-refractivity contribution in [1.29, 1.82) is 5.26 Å². The smallest absolute Gasteiger partial charge is 0.123 e. The Morgan fingerprint density at radius 1 is 1.12 bits per heavy atom. The zero-order chi connectivity index (χ0) is 17.1. The summed E-state index contributed by atoms with van der Waals surface area (Å²) in [7, 11) is 0. The van der Waals surface area contributed by atoms with Gasteiger partial charge in [0.05, 0.1) is 5.69 Å². The molecule has 0 aliphatic carbocycles. The summed E-state index contributed by atoms with van der Waals surface area (Å²) in [6, 6.07) is 17.4. The topological polar surface area (TPSA) is 54.7 Å². The third-order valence-corrected chi connectivity index (χ3v) is 4.88. The first-order valence-electron chi connectivity index (χ1n) is 7.14. The molecule has 1 heterocycles. The van der Waals surface area contributed by atoms with Gasteiger partial charge in [-0.15, -0.1) is 0 Å². The summed E-state index contributed by atoms with van der Waals surface area (Å²) in [4.78, 5) is 0.967. The zero-order valence-electron chi connectivity index (χ0n) is 12.5. The normalized spacial score (nSPS) is 10.5. The van der Waals surface area contributed by atoms with Crippen molar-refractivity contribution in [3.63, 3.8) is 0 Å². The molecule has 0 atom stereocenters. The lowest BCUT2D eigenvalue weighted by molar-refractivity contribution is 0.625. The highest BCUT2D eigenvalue weighted by Gasteiger charge is 2.15. The molecule has 3 rings (SSSR count). The van der Waals surface area contributed by atoms with Crippen LogP contribution in [0.3, 0.4) is 0 Å². The third kappa shape index (κ3) is 3.56. The minimum absolute atomic E-state index is 0.290. The van der Waals surface area contributed by atoms with Gasteiger partial charge in [0, 0.05) is 16.5 Å². The van der Waals surface area contributed by atoms with Crippen molar-refractivity contribution in [2.45, 2.75) is 16.5 Å². The fourth-order valence-corrected chi connectivity index (χ4v) is 3.37. The van der Waals surface area contributed by atoms with Gasteiger partial charge in [-0.2, -0.15) is 5.26 Å². The van der Waals surface area contributed by atoms with E-state index in [0.29, 0.717) is 22.9 Å². The van der Waals surface area contributed by atoms with Crippen molar-refractivity contribution in [2.24, 2.45) is 0 Å². The van der Waals surface area contributed by atoms with Gasteiger partial charge < -0.3 is 10.3 Å². The number of aromatic nitrogens is 1. The summed E-state index contributed by atoms with van der Waals surface area (Å²) < 4.78 is 14.9. The number of nitrogens with zero attached hydrogens (tertiary/aromatic N) is 2. The van der Waals surface area contributed by atoms with Gasteiger partial charge in [-0.1, -0.05) is 35.5 Å². The molecule has 3 nitrogen and oxygen atoms in total. The van der Waals surface area contributed by atoms with Gasteiger partial charge in [0.1, 0.15) is 22.6 Å². The quantitative estimate of drug-likeness (QED) is 0.720. The van der Waals surface area contributed by atoms with Crippen LogP contribution >= 0.6 is 23.4 Å². The van der Waals surface area contributed by atoms with Gasteiger partial charge in [0.15, 0.2) is 0 Å². The van der Waals surface area contributed by atoms with E-state index in [1.807, 2.05) is 16.7 Å². The van der Waals surface area contributed by atoms with Crippen LogP contribution in [0.5, 0.6) is 0 Å². The van der Waals surface area contributed by atoms with E-state index >= 15 is 0 Å². The third-order valence-electron chi connectivity index (χ3n) is 3.47. The van der Waals surface area contributed by atoms with Crippen LogP contribution in [0.1, 0.15) is 11.3 Å². The molecule has 6 heteroatoms. The number of nitriles is 1. The summed E-state index contributed by atoms with van der Waals surface area (Å²) in [6.45, 7) is 0.441. The summed E-state index contributed by atoms with van der Waals surface area (Å²) in [5.74, 6) is -0.290. The van der Waals surface area contributed by atoms with E-state index in [1.165, 1.54) is 23.9 Å². The van der Waals surface area contributed by atoms with E-state index in [1.54, 1.807) is 30.3 Å². The molecule has 0 saturated heterocycles. The van der Waals surface area contributed by atoms with Crippen LogP contribution in [-0.4, -0.2) is 4.57 Å². The fourth-order valence-electron chi connectivity index (χ4n) is 2.30. The van der Waals surface area contributed by atoms with Crippen molar-refractivity contribution < 1.29 is 4.39 Å². The summed E-state index contributed by atoms with van der Waals surface area (Å²) in [5, 5.41) is 10.8. The molecule has 0 fully saturated rings. The Labute approximate surface area is 148 Å². The molecule has 1 aromatic heterocycles. The Hall–Kier alpha value is -2.42. The number of halogens is 2. The number of hydrogen-bond acceptors (Lipinski definition) is 3. The first-order valence-corrected chi connectivity index (χ1v) is 8.33. The minimum Gasteiger partial charge on any atom is -0.397 e. The Balaban J connectivity index is 1.96. The summed E-state index contributed by atoms with van der Waals surface area (Å²) in [5.41, 5.74) is 7.99. The van der Waals surface area contributed by atoms with Crippen molar-refractivity contribution in [1.82, 2.24) is 4.57 Å². The number of hydrogen-bond donors (Lipinski definition) is 1. The maximum atomic E-state index is 13.1. The second-order valence-electron chi connectivity index (χ2n) is 5.17. The molecule has 0 unspecified atom stereocenters. The highest BCUT2D eigenvalue weighted by Crippen LogP contribution is 2.35. The van der Waals surface area contributed by atoms with Gasteiger partial charge in [0.25, 0.3) is 0 Å². The average Bonchev–Trinajstić information content (AvgIpc) is 2.87. The van der Waals surface area contributed by atoms with Crippen LogP contribution in [0, 0.1) is 17.1 Å². The molecule has 0 aliphatic rings. The molecular formula is C18H13ClFN3S. The van der Waals surface area contributed by atoms with E-state index in [9.17, 15) is 9.65 Å². The van der Waals surface area contributed by atoms with E-state index in [4.69, 9.17) is 17.3 Å². The predicted molar refractivity (Wildman–Crippen MR) is 94.6 cm³/mol. The molecule has 2 N–H and O–H groups in total. The molecule has 0 spiro atoms. The molecule has 2 aromatic carbocycles. The van der Waals surface area contributed by atoms with Crippen LogP contribution in [-0.2, 0) is 6.54 Å². The minimum atomic E-state index is -0.290. The van der Waals surface area contributed by atoms with Gasteiger partial charge in [-0.05, 0) is 48.0 Å². The molecule has 0 saturated carbocycles. The molecule has 0 bridgehead atoms. The van der Waals surface area contributed by atoms with Crippen LogP contribution in [0.2, 0.25) is 5.02 Å². The van der Waals surface area contributed by atoms with E-state index in [0.717, 1.165) is 15.5 Å². The Kier molecular flexibility index (Phi) is 4.79. The molecule has 0 aliphatic heterocycles. The number of nitrogen functional groups attached to an aromatic ring is 1.